The van der Waals surface area contributed by atoms with E-state index in [2.05, 4.69) is 0 Å². The minimum absolute atomic E-state index is 0.120. The number of aliphatic hydroxyl groups excluding tert-OH is 1. The lowest BCUT2D eigenvalue weighted by Crippen LogP contribution is -2.06. The van der Waals surface area contributed by atoms with E-state index in [-0.39, 0.29) is 12.5 Å². The monoisotopic (exact) mass is 242 g/mol. The molecule has 0 fully saturated rings. The molecule has 0 heterocycles. The number of halogens is 1. The second kappa shape index (κ2) is 7.66. The Hall–Kier alpha value is -0.570. The molecule has 90 valence electrons. The van der Waals surface area contributed by atoms with E-state index in [9.17, 15) is 5.11 Å². The maximum absolute atomic E-state index is 9.36. The zero-order valence-electron chi connectivity index (χ0n) is 9.66. The Balaban J connectivity index is 2.51. The van der Waals surface area contributed by atoms with Crippen molar-refractivity contribution in [2.75, 3.05) is 19.8 Å². The number of hydrogen-bond donors (Lipinski definition) is 1. The molecule has 0 radical (unpaired) electrons. The third-order valence-corrected chi connectivity index (χ3v) is 2.96. The van der Waals surface area contributed by atoms with Crippen LogP contribution in [-0.4, -0.2) is 24.9 Å². The minimum atomic E-state index is 0.120. The van der Waals surface area contributed by atoms with Crippen LogP contribution in [0.15, 0.2) is 24.3 Å². The highest BCUT2D eigenvalue weighted by atomic mass is 35.5. The van der Waals surface area contributed by atoms with Crippen LogP contribution in [0.4, 0.5) is 0 Å². The van der Waals surface area contributed by atoms with Crippen molar-refractivity contribution < 1.29 is 9.84 Å². The van der Waals surface area contributed by atoms with Crippen LogP contribution in [0.2, 0.25) is 5.02 Å². The molecule has 1 atom stereocenters. The molecule has 1 N–H and O–H groups in total. The van der Waals surface area contributed by atoms with Crippen LogP contribution >= 0.6 is 11.6 Å². The maximum Gasteiger partial charge on any atom is 0.0500 e. The lowest BCUT2D eigenvalue weighted by molar-refractivity contribution is 0.138. The van der Waals surface area contributed by atoms with Gasteiger partial charge in [-0.3, -0.25) is 0 Å². The molecule has 0 saturated heterocycles. The van der Waals surface area contributed by atoms with Gasteiger partial charge in [-0.25, -0.2) is 0 Å². The molecule has 0 aliphatic heterocycles. The number of rotatable bonds is 7. The van der Waals surface area contributed by atoms with Crippen LogP contribution in [0.5, 0.6) is 0 Å². The van der Waals surface area contributed by atoms with Crippen LogP contribution in [0, 0.1) is 0 Å². The number of hydrogen-bond acceptors (Lipinski definition) is 2. The Morgan fingerprint density at radius 2 is 2.12 bits per heavy atom. The van der Waals surface area contributed by atoms with Gasteiger partial charge in [-0.05, 0) is 31.4 Å². The fraction of sp³-hybridized carbons (Fsp3) is 0.538. The molecule has 1 unspecified atom stereocenters. The van der Waals surface area contributed by atoms with Gasteiger partial charge in [0.15, 0.2) is 0 Å². The first-order valence-corrected chi connectivity index (χ1v) is 6.10. The number of ether oxygens (including phenoxy) is 1. The Labute approximate surface area is 102 Å². The highest BCUT2D eigenvalue weighted by Gasteiger charge is 2.12. The minimum Gasteiger partial charge on any atom is -0.396 e. The highest BCUT2D eigenvalue weighted by molar-refractivity contribution is 6.31. The van der Waals surface area contributed by atoms with Gasteiger partial charge in [0.2, 0.25) is 0 Å². The van der Waals surface area contributed by atoms with Gasteiger partial charge in [0.25, 0.3) is 0 Å². The molecule has 2 nitrogen and oxygen atoms in total. The summed E-state index contributed by atoms with van der Waals surface area (Å²) in [6, 6.07) is 7.69. The van der Waals surface area contributed by atoms with Crippen LogP contribution in [0.1, 0.15) is 31.2 Å². The first-order chi connectivity index (χ1) is 7.79. The molecule has 0 saturated carbocycles. The standard InChI is InChI=1S/C13H19ClO2/c1-2-16-9-5-6-11(10-15)12-7-3-4-8-13(12)14/h3-4,7-8,11,15H,2,5-6,9-10H2,1H3. The molecule has 0 amide bonds. The van der Waals surface area contributed by atoms with Crippen molar-refractivity contribution in [3.63, 3.8) is 0 Å². The summed E-state index contributed by atoms with van der Waals surface area (Å²) in [6.07, 6.45) is 1.85. The summed E-state index contributed by atoms with van der Waals surface area (Å²) in [6.45, 7) is 3.61. The van der Waals surface area contributed by atoms with Gasteiger partial charge >= 0.3 is 0 Å². The predicted molar refractivity (Wildman–Crippen MR) is 67.0 cm³/mol. The van der Waals surface area contributed by atoms with Gasteiger partial charge < -0.3 is 9.84 Å². The zero-order valence-corrected chi connectivity index (χ0v) is 10.4. The molecule has 1 rings (SSSR count). The molecule has 0 aliphatic rings. The van der Waals surface area contributed by atoms with Crippen LogP contribution in [-0.2, 0) is 4.74 Å². The van der Waals surface area contributed by atoms with Gasteiger partial charge in [0.05, 0.1) is 0 Å². The van der Waals surface area contributed by atoms with E-state index in [1.165, 1.54) is 0 Å². The van der Waals surface area contributed by atoms with Crippen LogP contribution < -0.4 is 0 Å². The van der Waals surface area contributed by atoms with Crippen molar-refractivity contribution in [1.82, 2.24) is 0 Å². The summed E-state index contributed by atoms with van der Waals surface area (Å²) in [7, 11) is 0. The molecule has 16 heavy (non-hydrogen) atoms. The lowest BCUT2D eigenvalue weighted by Gasteiger charge is -2.15. The Morgan fingerprint density at radius 3 is 2.75 bits per heavy atom. The summed E-state index contributed by atoms with van der Waals surface area (Å²) in [5, 5.41) is 10.1. The quantitative estimate of drug-likeness (QED) is 0.744. The van der Waals surface area contributed by atoms with Crippen molar-refractivity contribution in [3.8, 4) is 0 Å². The van der Waals surface area contributed by atoms with Gasteiger partial charge in [-0.2, -0.15) is 0 Å². The van der Waals surface area contributed by atoms with E-state index in [1.54, 1.807) is 0 Å². The van der Waals surface area contributed by atoms with Crippen LogP contribution in [0.25, 0.3) is 0 Å². The van der Waals surface area contributed by atoms with Gasteiger partial charge in [-0.1, -0.05) is 29.8 Å². The summed E-state index contributed by atoms with van der Waals surface area (Å²) in [4.78, 5) is 0. The summed E-state index contributed by atoms with van der Waals surface area (Å²) < 4.78 is 5.28. The summed E-state index contributed by atoms with van der Waals surface area (Å²) in [5.74, 6) is 0.120. The molecular formula is C13H19ClO2. The van der Waals surface area contributed by atoms with Gasteiger partial charge in [0.1, 0.15) is 0 Å². The zero-order chi connectivity index (χ0) is 11.8. The second-order valence-electron chi connectivity index (χ2n) is 3.74. The van der Waals surface area contributed by atoms with Gasteiger partial charge in [0, 0.05) is 30.8 Å². The fourth-order valence-electron chi connectivity index (χ4n) is 1.73. The lowest BCUT2D eigenvalue weighted by atomic mass is 9.95. The largest absolute Gasteiger partial charge is 0.396 e. The van der Waals surface area contributed by atoms with Gasteiger partial charge in [-0.15, -0.1) is 0 Å². The molecule has 0 aliphatic carbocycles. The summed E-state index contributed by atoms with van der Waals surface area (Å²) in [5.41, 5.74) is 1.03. The molecule has 3 heteroatoms. The van der Waals surface area contributed by atoms with Crippen LogP contribution in [0.3, 0.4) is 0 Å². The molecule has 0 bridgehead atoms. The van der Waals surface area contributed by atoms with E-state index >= 15 is 0 Å². The average Bonchev–Trinajstić information content (AvgIpc) is 2.31. The molecular weight excluding hydrogens is 224 g/mol. The smallest absolute Gasteiger partial charge is 0.0500 e. The van der Waals surface area contributed by atoms with E-state index in [4.69, 9.17) is 16.3 Å². The van der Waals surface area contributed by atoms with Crippen molar-refractivity contribution in [2.24, 2.45) is 0 Å². The molecule has 1 aromatic rings. The van der Waals surface area contributed by atoms with Crippen molar-refractivity contribution in [3.05, 3.63) is 34.9 Å². The van der Waals surface area contributed by atoms with E-state index in [0.717, 1.165) is 36.6 Å². The van der Waals surface area contributed by atoms with E-state index in [1.807, 2.05) is 31.2 Å². The number of benzene rings is 1. The topological polar surface area (TPSA) is 29.5 Å². The van der Waals surface area contributed by atoms with E-state index in [0.29, 0.717) is 0 Å². The van der Waals surface area contributed by atoms with Crippen molar-refractivity contribution in [2.45, 2.75) is 25.7 Å². The Morgan fingerprint density at radius 1 is 1.38 bits per heavy atom. The first kappa shape index (κ1) is 13.5. The third kappa shape index (κ3) is 4.12. The highest BCUT2D eigenvalue weighted by Crippen LogP contribution is 2.27. The predicted octanol–water partition coefficient (Wildman–Crippen LogP) is 3.23. The Bertz CT molecular complexity index is 302. The Kier molecular flexibility index (Phi) is 6.46. The normalized spacial score (nSPS) is 12.7. The number of aliphatic hydroxyl groups is 1. The SMILES string of the molecule is CCOCCCC(CO)c1ccccc1Cl. The fourth-order valence-corrected chi connectivity index (χ4v) is 2.02. The molecule has 0 spiro atoms. The second-order valence-corrected chi connectivity index (χ2v) is 4.15. The maximum atomic E-state index is 9.36. The molecule has 1 aromatic carbocycles. The summed E-state index contributed by atoms with van der Waals surface area (Å²) >= 11 is 6.10. The molecule has 0 aromatic heterocycles. The third-order valence-electron chi connectivity index (χ3n) is 2.61. The van der Waals surface area contributed by atoms with Crippen molar-refractivity contribution in [1.29, 1.82) is 0 Å². The average molecular weight is 243 g/mol. The van der Waals surface area contributed by atoms with Crippen molar-refractivity contribution >= 4 is 11.6 Å². The van der Waals surface area contributed by atoms with E-state index < -0.39 is 0 Å². The first-order valence-electron chi connectivity index (χ1n) is 5.72.